The molecule has 2 aliphatic rings. The fourth-order valence-electron chi connectivity index (χ4n) is 3.88. The summed E-state index contributed by atoms with van der Waals surface area (Å²) in [5, 5.41) is 21.5. The number of aliphatic hydroxyl groups excluding tert-OH is 1. The lowest BCUT2D eigenvalue weighted by atomic mass is 9.58. The molecule has 6 nitrogen and oxygen atoms in total. The van der Waals surface area contributed by atoms with Gasteiger partial charge in [0.25, 0.3) is 5.69 Å². The van der Waals surface area contributed by atoms with Gasteiger partial charge in [0.15, 0.2) is 0 Å². The van der Waals surface area contributed by atoms with E-state index in [2.05, 4.69) is 15.9 Å². The first-order valence-corrected chi connectivity index (χ1v) is 8.76. The molecule has 2 unspecified atom stereocenters. The number of nitrogens with zero attached hydrogens (tertiary/aromatic N) is 2. The molecule has 1 spiro atoms. The van der Waals surface area contributed by atoms with Crippen LogP contribution in [-0.2, 0) is 4.74 Å². The third-order valence-electron chi connectivity index (χ3n) is 5.28. The van der Waals surface area contributed by atoms with Crippen molar-refractivity contribution in [3.8, 4) is 0 Å². The molecule has 0 bridgehead atoms. The quantitative estimate of drug-likeness (QED) is 0.637. The molecule has 2 fully saturated rings. The predicted octanol–water partition coefficient (Wildman–Crippen LogP) is 3.11. The molecular weight excluding hydrogens is 364 g/mol. The first-order valence-electron chi connectivity index (χ1n) is 7.96. The highest BCUT2D eigenvalue weighted by molar-refractivity contribution is 9.10. The van der Waals surface area contributed by atoms with E-state index in [0.717, 1.165) is 17.3 Å². The molecule has 126 valence electrons. The summed E-state index contributed by atoms with van der Waals surface area (Å²) >= 11 is 3.39. The summed E-state index contributed by atoms with van der Waals surface area (Å²) in [5.41, 5.74) is 0.591. The molecule has 0 aromatic heterocycles. The summed E-state index contributed by atoms with van der Waals surface area (Å²) in [7, 11) is 0. The number of nitro groups is 1. The first-order chi connectivity index (χ1) is 11.0. The average molecular weight is 385 g/mol. The van der Waals surface area contributed by atoms with Gasteiger partial charge in [-0.25, -0.2) is 0 Å². The fourth-order valence-corrected chi connectivity index (χ4v) is 4.23. The van der Waals surface area contributed by atoms with Gasteiger partial charge >= 0.3 is 0 Å². The molecule has 1 N–H and O–H groups in total. The van der Waals surface area contributed by atoms with E-state index in [4.69, 9.17) is 4.74 Å². The van der Waals surface area contributed by atoms with Gasteiger partial charge in [0.05, 0.1) is 17.1 Å². The van der Waals surface area contributed by atoms with Crippen LogP contribution in [0.1, 0.15) is 26.2 Å². The van der Waals surface area contributed by atoms with Gasteiger partial charge < -0.3 is 14.7 Å². The van der Waals surface area contributed by atoms with E-state index >= 15 is 0 Å². The van der Waals surface area contributed by atoms with Crippen molar-refractivity contribution in [1.29, 1.82) is 0 Å². The minimum Gasteiger partial charge on any atom is -0.392 e. The Morgan fingerprint density at radius 3 is 2.74 bits per heavy atom. The maximum atomic E-state index is 11.3. The topological polar surface area (TPSA) is 75.8 Å². The summed E-state index contributed by atoms with van der Waals surface area (Å²) in [6, 6.07) is 5.02. The van der Waals surface area contributed by atoms with E-state index < -0.39 is 0 Å². The zero-order valence-electron chi connectivity index (χ0n) is 13.1. The largest absolute Gasteiger partial charge is 0.392 e. The molecular formula is C16H21BrN2O4. The summed E-state index contributed by atoms with van der Waals surface area (Å²) in [5.74, 6) is 0. The van der Waals surface area contributed by atoms with Crippen molar-refractivity contribution in [2.75, 3.05) is 24.6 Å². The van der Waals surface area contributed by atoms with Gasteiger partial charge in [-0.3, -0.25) is 10.1 Å². The van der Waals surface area contributed by atoms with Crippen LogP contribution in [0.4, 0.5) is 11.4 Å². The van der Waals surface area contributed by atoms with Crippen LogP contribution in [0, 0.1) is 15.5 Å². The van der Waals surface area contributed by atoms with Crippen molar-refractivity contribution in [2.24, 2.45) is 5.41 Å². The van der Waals surface area contributed by atoms with Crippen LogP contribution in [0.3, 0.4) is 0 Å². The molecule has 3 rings (SSSR count). The Balaban J connectivity index is 1.77. The van der Waals surface area contributed by atoms with E-state index in [-0.39, 0.29) is 28.2 Å². The lowest BCUT2D eigenvalue weighted by Crippen LogP contribution is -2.62. The van der Waals surface area contributed by atoms with Crippen molar-refractivity contribution in [3.63, 3.8) is 0 Å². The number of benzene rings is 1. The van der Waals surface area contributed by atoms with Crippen molar-refractivity contribution < 1.29 is 14.8 Å². The number of hydrogen-bond donors (Lipinski definition) is 1. The molecule has 1 saturated heterocycles. The third-order valence-corrected chi connectivity index (χ3v) is 5.77. The van der Waals surface area contributed by atoms with Gasteiger partial charge in [0.2, 0.25) is 0 Å². The molecule has 7 heteroatoms. The summed E-state index contributed by atoms with van der Waals surface area (Å²) in [4.78, 5) is 13.0. The lowest BCUT2D eigenvalue weighted by molar-refractivity contribution is -0.384. The van der Waals surface area contributed by atoms with Gasteiger partial charge in [-0.2, -0.15) is 0 Å². The molecule has 1 aromatic rings. The zero-order valence-corrected chi connectivity index (χ0v) is 14.7. The van der Waals surface area contributed by atoms with Crippen molar-refractivity contribution in [3.05, 3.63) is 32.8 Å². The standard InChI is InChI=1S/C16H21BrN2O4/c1-2-23-15-10-14(20)16(15)5-7-18(8-6-16)13-9-11(17)3-4-12(13)19(21)22/h3-4,9,14-15,20H,2,5-8,10H2,1H3. The molecule has 1 aliphatic carbocycles. The van der Waals surface area contributed by atoms with E-state index in [1.165, 1.54) is 6.07 Å². The fraction of sp³-hybridized carbons (Fsp3) is 0.625. The maximum absolute atomic E-state index is 11.3. The summed E-state index contributed by atoms with van der Waals surface area (Å²) < 4.78 is 6.60. The van der Waals surface area contributed by atoms with Gasteiger partial charge in [-0.1, -0.05) is 15.9 Å². The Labute approximate surface area is 143 Å². The smallest absolute Gasteiger partial charge is 0.292 e. The monoisotopic (exact) mass is 384 g/mol. The Morgan fingerprint density at radius 1 is 1.48 bits per heavy atom. The number of piperidine rings is 1. The number of halogens is 1. The summed E-state index contributed by atoms with van der Waals surface area (Å²) in [6.07, 6.45) is 2.08. The number of ether oxygens (including phenoxy) is 1. The lowest BCUT2D eigenvalue weighted by Gasteiger charge is -2.56. The second-order valence-electron chi connectivity index (χ2n) is 6.31. The predicted molar refractivity (Wildman–Crippen MR) is 90.7 cm³/mol. The number of nitro benzene ring substituents is 1. The molecule has 0 radical (unpaired) electrons. The number of aliphatic hydroxyl groups is 1. The van der Waals surface area contributed by atoms with Gasteiger partial charge in [-0.15, -0.1) is 0 Å². The molecule has 0 amide bonds. The van der Waals surface area contributed by atoms with Gasteiger partial charge in [0.1, 0.15) is 5.69 Å². The molecule has 23 heavy (non-hydrogen) atoms. The zero-order chi connectivity index (χ0) is 16.6. The Hall–Kier alpha value is -1.18. The highest BCUT2D eigenvalue weighted by Crippen LogP contribution is 2.51. The van der Waals surface area contributed by atoms with Crippen LogP contribution in [0.5, 0.6) is 0 Å². The van der Waals surface area contributed by atoms with Gasteiger partial charge in [-0.05, 0) is 31.9 Å². The molecule has 1 saturated carbocycles. The van der Waals surface area contributed by atoms with E-state index in [9.17, 15) is 15.2 Å². The van der Waals surface area contributed by atoms with Crippen LogP contribution in [-0.4, -0.2) is 41.9 Å². The molecule has 1 heterocycles. The number of hydrogen-bond acceptors (Lipinski definition) is 5. The van der Waals surface area contributed by atoms with E-state index in [0.29, 0.717) is 31.8 Å². The van der Waals surface area contributed by atoms with Crippen LogP contribution in [0.15, 0.2) is 22.7 Å². The highest BCUT2D eigenvalue weighted by Gasteiger charge is 2.56. The summed E-state index contributed by atoms with van der Waals surface area (Å²) in [6.45, 7) is 4.01. The second kappa shape index (κ2) is 6.37. The molecule has 1 aromatic carbocycles. The SMILES string of the molecule is CCOC1CC(O)C12CCN(c1cc(Br)ccc1[N+](=O)[O-])CC2. The van der Waals surface area contributed by atoms with E-state index in [1.807, 2.05) is 11.8 Å². The Bertz CT molecular complexity index is 600. The Kier molecular flexibility index (Phi) is 4.62. The van der Waals surface area contributed by atoms with Gasteiger partial charge in [0, 0.05) is 42.1 Å². The number of anilines is 1. The third kappa shape index (κ3) is 2.86. The van der Waals surface area contributed by atoms with Crippen molar-refractivity contribution in [1.82, 2.24) is 0 Å². The minimum absolute atomic E-state index is 0.113. The number of rotatable bonds is 4. The van der Waals surface area contributed by atoms with Crippen LogP contribution >= 0.6 is 15.9 Å². The van der Waals surface area contributed by atoms with Crippen molar-refractivity contribution >= 4 is 27.3 Å². The maximum Gasteiger partial charge on any atom is 0.292 e. The van der Waals surface area contributed by atoms with E-state index in [1.54, 1.807) is 12.1 Å². The Morgan fingerprint density at radius 2 is 2.17 bits per heavy atom. The van der Waals surface area contributed by atoms with Crippen LogP contribution < -0.4 is 4.90 Å². The second-order valence-corrected chi connectivity index (χ2v) is 7.22. The normalized spacial score (nSPS) is 26.1. The average Bonchev–Trinajstić information content (AvgIpc) is 2.54. The highest BCUT2D eigenvalue weighted by atomic mass is 79.9. The van der Waals surface area contributed by atoms with Crippen LogP contribution in [0.2, 0.25) is 0 Å². The van der Waals surface area contributed by atoms with Crippen molar-refractivity contribution in [2.45, 2.75) is 38.4 Å². The minimum atomic E-state index is -0.340. The molecule has 1 aliphatic heterocycles. The first kappa shape index (κ1) is 16.7. The van der Waals surface area contributed by atoms with Crippen LogP contribution in [0.25, 0.3) is 0 Å². The molecule has 2 atom stereocenters.